The van der Waals surface area contributed by atoms with Gasteiger partial charge in [0.25, 0.3) is 0 Å². The Balaban J connectivity index is 1.62. The second-order valence-electron chi connectivity index (χ2n) is 6.48. The quantitative estimate of drug-likeness (QED) is 0.787. The fourth-order valence-corrected chi connectivity index (χ4v) is 3.34. The van der Waals surface area contributed by atoms with E-state index in [0.29, 0.717) is 6.42 Å². The van der Waals surface area contributed by atoms with Gasteiger partial charge in [-0.05, 0) is 42.7 Å². The molecule has 0 radical (unpaired) electrons. The average molecular weight is 288 g/mol. The maximum absolute atomic E-state index is 11.9. The predicted octanol–water partition coefficient (Wildman–Crippen LogP) is 3.53. The van der Waals surface area contributed by atoms with E-state index in [0.717, 1.165) is 42.5 Å². The smallest absolute Gasteiger partial charge is 0.220 e. The third-order valence-electron chi connectivity index (χ3n) is 4.60. The summed E-state index contributed by atoms with van der Waals surface area (Å²) in [6.07, 6.45) is 7.77. The van der Waals surface area contributed by atoms with Crippen molar-refractivity contribution in [3.05, 3.63) is 29.8 Å². The van der Waals surface area contributed by atoms with E-state index in [4.69, 9.17) is 5.73 Å². The Morgan fingerprint density at radius 3 is 2.90 bits per heavy atom. The number of rotatable bonds is 6. The van der Waals surface area contributed by atoms with E-state index in [2.05, 4.69) is 12.2 Å². The summed E-state index contributed by atoms with van der Waals surface area (Å²) in [5, 5.41) is 3.05. The summed E-state index contributed by atoms with van der Waals surface area (Å²) >= 11 is 0. The first-order valence-electron chi connectivity index (χ1n) is 8.25. The van der Waals surface area contributed by atoms with Crippen LogP contribution >= 0.6 is 0 Å². The van der Waals surface area contributed by atoms with E-state index in [-0.39, 0.29) is 5.91 Å². The monoisotopic (exact) mass is 288 g/mol. The summed E-state index contributed by atoms with van der Waals surface area (Å²) in [6.45, 7) is 3.16. The number of para-hydroxylation sites is 1. The molecule has 0 spiro atoms. The lowest BCUT2D eigenvalue weighted by molar-refractivity contribution is -0.121. The van der Waals surface area contributed by atoms with Crippen molar-refractivity contribution in [2.24, 2.45) is 11.8 Å². The topological polar surface area (TPSA) is 55.1 Å². The first-order valence-corrected chi connectivity index (χ1v) is 8.25. The summed E-state index contributed by atoms with van der Waals surface area (Å²) in [7, 11) is 0. The highest BCUT2D eigenvalue weighted by molar-refractivity contribution is 5.76. The van der Waals surface area contributed by atoms with Crippen molar-refractivity contribution in [3.8, 4) is 0 Å². The summed E-state index contributed by atoms with van der Waals surface area (Å²) < 4.78 is 0. The first kappa shape index (κ1) is 15.9. The van der Waals surface area contributed by atoms with Gasteiger partial charge in [0.05, 0.1) is 0 Å². The predicted molar refractivity (Wildman–Crippen MR) is 87.9 cm³/mol. The fourth-order valence-electron chi connectivity index (χ4n) is 3.34. The van der Waals surface area contributed by atoms with E-state index >= 15 is 0 Å². The fraction of sp³-hybridized carbons (Fsp3) is 0.611. The molecule has 0 saturated heterocycles. The van der Waals surface area contributed by atoms with Crippen LogP contribution in [0.5, 0.6) is 0 Å². The summed E-state index contributed by atoms with van der Waals surface area (Å²) in [5.74, 6) is 1.81. The molecule has 2 atom stereocenters. The molecule has 2 unspecified atom stereocenters. The van der Waals surface area contributed by atoms with Crippen LogP contribution in [0.2, 0.25) is 0 Å². The van der Waals surface area contributed by atoms with Gasteiger partial charge in [0.15, 0.2) is 0 Å². The van der Waals surface area contributed by atoms with Crippen LogP contribution in [0.15, 0.2) is 24.3 Å². The molecule has 1 fully saturated rings. The van der Waals surface area contributed by atoms with Crippen molar-refractivity contribution in [2.45, 2.75) is 51.9 Å². The number of aryl methyl sites for hydroxylation is 1. The molecule has 3 heteroatoms. The summed E-state index contributed by atoms with van der Waals surface area (Å²) in [6, 6.07) is 7.77. The van der Waals surface area contributed by atoms with Gasteiger partial charge in [0.2, 0.25) is 5.91 Å². The molecular weight excluding hydrogens is 260 g/mol. The van der Waals surface area contributed by atoms with Gasteiger partial charge in [0.1, 0.15) is 0 Å². The molecule has 2 rings (SSSR count). The SMILES string of the molecule is CC1CCCC(CCNC(=O)CCc2ccccc2N)C1. The molecular formula is C18H28N2O. The normalized spacial score (nSPS) is 22.0. The van der Waals surface area contributed by atoms with Crippen LogP contribution in [0.3, 0.4) is 0 Å². The minimum absolute atomic E-state index is 0.141. The van der Waals surface area contributed by atoms with E-state index in [9.17, 15) is 4.79 Å². The highest BCUT2D eigenvalue weighted by atomic mass is 16.1. The van der Waals surface area contributed by atoms with Gasteiger partial charge in [0, 0.05) is 18.7 Å². The number of anilines is 1. The Kier molecular flexibility index (Phi) is 6.09. The molecule has 3 nitrogen and oxygen atoms in total. The third-order valence-corrected chi connectivity index (χ3v) is 4.60. The summed E-state index contributed by atoms with van der Waals surface area (Å²) in [5.41, 5.74) is 7.73. The molecule has 1 aliphatic rings. The Morgan fingerprint density at radius 2 is 2.14 bits per heavy atom. The number of amides is 1. The van der Waals surface area contributed by atoms with Gasteiger partial charge in [-0.3, -0.25) is 4.79 Å². The van der Waals surface area contributed by atoms with Crippen LogP contribution in [0.4, 0.5) is 5.69 Å². The molecule has 1 saturated carbocycles. The van der Waals surface area contributed by atoms with Crippen LogP contribution in [0, 0.1) is 11.8 Å². The number of hydrogen-bond donors (Lipinski definition) is 2. The standard InChI is InChI=1S/C18H28N2O/c1-14-5-4-6-15(13-14)11-12-20-18(21)10-9-16-7-2-3-8-17(16)19/h2-3,7-8,14-15H,4-6,9-13,19H2,1H3,(H,20,21). The molecule has 0 aliphatic heterocycles. The molecule has 3 N–H and O–H groups in total. The Morgan fingerprint density at radius 1 is 1.33 bits per heavy atom. The Hall–Kier alpha value is -1.51. The van der Waals surface area contributed by atoms with Crippen LogP contribution < -0.4 is 11.1 Å². The van der Waals surface area contributed by atoms with Gasteiger partial charge in [-0.2, -0.15) is 0 Å². The second kappa shape index (κ2) is 8.06. The Bertz CT molecular complexity index is 458. The number of benzene rings is 1. The van der Waals surface area contributed by atoms with Gasteiger partial charge in [-0.25, -0.2) is 0 Å². The number of carbonyl (C=O) groups excluding carboxylic acids is 1. The highest BCUT2D eigenvalue weighted by Gasteiger charge is 2.18. The minimum Gasteiger partial charge on any atom is -0.399 e. The molecule has 1 aliphatic carbocycles. The van der Waals surface area contributed by atoms with Gasteiger partial charge < -0.3 is 11.1 Å². The van der Waals surface area contributed by atoms with Crippen molar-refractivity contribution in [3.63, 3.8) is 0 Å². The van der Waals surface area contributed by atoms with Crippen LogP contribution in [0.1, 0.15) is 51.0 Å². The lowest BCUT2D eigenvalue weighted by Crippen LogP contribution is -2.27. The number of carbonyl (C=O) groups is 1. The number of hydrogen-bond acceptors (Lipinski definition) is 2. The van der Waals surface area contributed by atoms with Crippen molar-refractivity contribution >= 4 is 11.6 Å². The van der Waals surface area contributed by atoms with Crippen LogP contribution in [-0.4, -0.2) is 12.5 Å². The minimum atomic E-state index is 0.141. The maximum Gasteiger partial charge on any atom is 0.220 e. The Labute approximate surface area is 128 Å². The van der Waals surface area contributed by atoms with Gasteiger partial charge in [-0.1, -0.05) is 44.4 Å². The maximum atomic E-state index is 11.9. The summed E-state index contributed by atoms with van der Waals surface area (Å²) in [4.78, 5) is 11.9. The average Bonchev–Trinajstić information content (AvgIpc) is 2.46. The van der Waals surface area contributed by atoms with Crippen molar-refractivity contribution < 1.29 is 4.79 Å². The highest BCUT2D eigenvalue weighted by Crippen LogP contribution is 2.30. The molecule has 116 valence electrons. The molecule has 0 bridgehead atoms. The van der Waals surface area contributed by atoms with E-state index < -0.39 is 0 Å². The second-order valence-corrected chi connectivity index (χ2v) is 6.48. The number of nitrogen functional groups attached to an aromatic ring is 1. The lowest BCUT2D eigenvalue weighted by Gasteiger charge is -2.26. The van der Waals surface area contributed by atoms with Crippen molar-refractivity contribution in [2.75, 3.05) is 12.3 Å². The molecule has 21 heavy (non-hydrogen) atoms. The lowest BCUT2D eigenvalue weighted by atomic mass is 9.81. The number of nitrogens with two attached hydrogens (primary N) is 1. The van der Waals surface area contributed by atoms with Crippen LogP contribution in [-0.2, 0) is 11.2 Å². The first-order chi connectivity index (χ1) is 10.1. The van der Waals surface area contributed by atoms with Crippen molar-refractivity contribution in [1.82, 2.24) is 5.32 Å². The van der Waals surface area contributed by atoms with E-state index in [1.165, 1.54) is 25.7 Å². The molecule has 0 aromatic heterocycles. The molecule has 1 amide bonds. The van der Waals surface area contributed by atoms with E-state index in [1.54, 1.807) is 0 Å². The number of nitrogens with one attached hydrogen (secondary N) is 1. The van der Waals surface area contributed by atoms with Gasteiger partial charge >= 0.3 is 0 Å². The zero-order valence-corrected chi connectivity index (χ0v) is 13.1. The molecule has 0 heterocycles. The van der Waals surface area contributed by atoms with Crippen LogP contribution in [0.25, 0.3) is 0 Å². The van der Waals surface area contributed by atoms with E-state index in [1.807, 2.05) is 24.3 Å². The zero-order chi connectivity index (χ0) is 15.1. The molecule has 1 aromatic carbocycles. The molecule has 1 aromatic rings. The largest absolute Gasteiger partial charge is 0.399 e. The zero-order valence-electron chi connectivity index (χ0n) is 13.1. The third kappa shape index (κ3) is 5.41. The van der Waals surface area contributed by atoms with Gasteiger partial charge in [-0.15, -0.1) is 0 Å². The van der Waals surface area contributed by atoms with Crippen molar-refractivity contribution in [1.29, 1.82) is 0 Å².